The Morgan fingerprint density at radius 3 is 2.27 bits per heavy atom. The van der Waals surface area contributed by atoms with Crippen LogP contribution < -0.4 is 40.0 Å². The molecule has 1 amide bonds. The Labute approximate surface area is 123 Å². The maximum Gasteiger partial charge on any atom is 1.00 e. The summed E-state index contributed by atoms with van der Waals surface area (Å²) in [5.74, 6) is -1.73. The van der Waals surface area contributed by atoms with E-state index in [1.807, 2.05) is 0 Å². The summed E-state index contributed by atoms with van der Waals surface area (Å²) in [5.41, 5.74) is 0.426. The smallest absolute Gasteiger partial charge is 0.547 e. The Morgan fingerprint density at radius 1 is 1.27 bits per heavy atom. The van der Waals surface area contributed by atoms with Gasteiger partial charge >= 0.3 is 29.6 Å². The number of carboxylic acid groups (broad SMARTS) is 1. The molecule has 1 rings (SSSR count). The summed E-state index contributed by atoms with van der Waals surface area (Å²) in [4.78, 5) is 21.7. The zero-order chi connectivity index (χ0) is 10.6. The minimum absolute atomic E-state index is 0. The van der Waals surface area contributed by atoms with Gasteiger partial charge in [0.15, 0.2) is 0 Å². The topological polar surface area (TPSA) is 69.2 Å². The van der Waals surface area contributed by atoms with E-state index in [4.69, 9.17) is 0 Å². The first-order valence-corrected chi connectivity index (χ1v) is 5.06. The van der Waals surface area contributed by atoms with E-state index < -0.39 is 15.9 Å². The van der Waals surface area contributed by atoms with Crippen LogP contribution in [0.2, 0.25) is 0 Å². The maximum absolute atomic E-state index is 11.4. The Bertz CT molecular complexity index is 344. The predicted octanol–water partition coefficient (Wildman–Crippen LogP) is -3.07. The van der Waals surface area contributed by atoms with Crippen LogP contribution in [-0.4, -0.2) is 15.9 Å². The predicted molar refractivity (Wildman–Crippen MR) is 56.7 cm³/mol. The van der Waals surface area contributed by atoms with Crippen molar-refractivity contribution in [3.05, 3.63) is 35.9 Å². The Kier molecular flexibility index (Phi) is 7.16. The molecule has 0 bridgehead atoms. The molecule has 1 aromatic rings. The van der Waals surface area contributed by atoms with E-state index in [1.165, 1.54) is 0 Å². The third kappa shape index (κ3) is 4.96. The molecule has 0 aliphatic rings. The molecular formula is C9H7INNaO3. The van der Waals surface area contributed by atoms with Crippen molar-refractivity contribution in [3.8, 4) is 0 Å². The number of carboxylic acids is 1. The molecule has 0 aliphatic carbocycles. The number of halogens is 1. The van der Waals surface area contributed by atoms with Crippen molar-refractivity contribution in [1.82, 2.24) is 5.32 Å². The largest absolute Gasteiger partial charge is 1.00 e. The second-order valence-corrected chi connectivity index (χ2v) is 3.77. The fourth-order valence-corrected chi connectivity index (χ4v) is 1.13. The summed E-state index contributed by atoms with van der Waals surface area (Å²) in [6, 6.07) is 8.39. The van der Waals surface area contributed by atoms with Gasteiger partial charge in [-0.25, -0.2) is 0 Å². The third-order valence-electron chi connectivity index (χ3n) is 1.50. The van der Waals surface area contributed by atoms with Crippen molar-refractivity contribution in [1.29, 1.82) is 0 Å². The van der Waals surface area contributed by atoms with Crippen LogP contribution in [0.1, 0.15) is 10.4 Å². The number of aliphatic carboxylic acids is 1. The second kappa shape index (κ2) is 7.21. The number of hydrogen-bond acceptors (Lipinski definition) is 3. The standard InChI is InChI=1S/C9H8INO3.Na/c10-7(9(13)14)11-8(12)6-4-2-1-3-5-6;/h1-5,7H,(H,11,12)(H,13,14);/q;+1/p-1. The molecule has 74 valence electrons. The van der Waals surface area contributed by atoms with Crippen LogP contribution in [0.4, 0.5) is 0 Å². The van der Waals surface area contributed by atoms with Crippen LogP contribution >= 0.6 is 22.6 Å². The molecule has 15 heavy (non-hydrogen) atoms. The normalized spacial score (nSPS) is 11.0. The van der Waals surface area contributed by atoms with E-state index in [0.29, 0.717) is 5.56 Å². The van der Waals surface area contributed by atoms with Crippen molar-refractivity contribution in [2.45, 2.75) is 4.05 Å². The van der Waals surface area contributed by atoms with Gasteiger partial charge in [-0.2, -0.15) is 0 Å². The summed E-state index contributed by atoms with van der Waals surface area (Å²) >= 11 is 1.58. The molecule has 4 nitrogen and oxygen atoms in total. The van der Waals surface area contributed by atoms with Crippen molar-refractivity contribution in [3.63, 3.8) is 0 Å². The number of benzene rings is 1. The van der Waals surface area contributed by atoms with Crippen molar-refractivity contribution >= 4 is 34.5 Å². The second-order valence-electron chi connectivity index (χ2n) is 2.52. The molecule has 0 spiro atoms. The van der Waals surface area contributed by atoms with Crippen LogP contribution in [0.3, 0.4) is 0 Å². The third-order valence-corrected chi connectivity index (χ3v) is 2.32. The van der Waals surface area contributed by atoms with Crippen LogP contribution in [0.15, 0.2) is 30.3 Å². The molecule has 6 heteroatoms. The zero-order valence-electron chi connectivity index (χ0n) is 8.07. The van der Waals surface area contributed by atoms with Crippen LogP contribution in [0.25, 0.3) is 0 Å². The van der Waals surface area contributed by atoms with E-state index in [0.717, 1.165) is 0 Å². The average molecular weight is 327 g/mol. The number of carbonyl (C=O) groups is 2. The number of nitrogens with one attached hydrogen (secondary N) is 1. The van der Waals surface area contributed by atoms with Crippen LogP contribution in [-0.2, 0) is 4.79 Å². The Hall–Kier alpha value is -0.110. The van der Waals surface area contributed by atoms with Gasteiger partial charge in [-0.1, -0.05) is 40.8 Å². The molecule has 0 radical (unpaired) electrons. The average Bonchev–Trinajstić information content (AvgIpc) is 2.19. The summed E-state index contributed by atoms with van der Waals surface area (Å²) in [6.07, 6.45) is 0. The summed E-state index contributed by atoms with van der Waals surface area (Å²) < 4.78 is -1.01. The number of carbonyl (C=O) groups excluding carboxylic acids is 2. The van der Waals surface area contributed by atoms with Crippen LogP contribution in [0, 0.1) is 0 Å². The first-order chi connectivity index (χ1) is 6.61. The quantitative estimate of drug-likeness (QED) is 0.277. The fourth-order valence-electron chi connectivity index (χ4n) is 0.847. The zero-order valence-corrected chi connectivity index (χ0v) is 12.2. The minimum atomic E-state index is -1.31. The Morgan fingerprint density at radius 2 is 1.80 bits per heavy atom. The van der Waals surface area contributed by atoms with Gasteiger partial charge in [0.2, 0.25) is 0 Å². The van der Waals surface area contributed by atoms with Gasteiger partial charge in [0, 0.05) is 5.56 Å². The monoisotopic (exact) mass is 327 g/mol. The maximum atomic E-state index is 11.4. The molecule has 0 saturated heterocycles. The fraction of sp³-hybridized carbons (Fsp3) is 0.111. The van der Waals surface area contributed by atoms with E-state index in [1.54, 1.807) is 52.9 Å². The molecule has 0 aliphatic heterocycles. The van der Waals surface area contributed by atoms with Gasteiger partial charge in [-0.3, -0.25) is 4.79 Å². The van der Waals surface area contributed by atoms with Crippen LogP contribution in [0.5, 0.6) is 0 Å². The van der Waals surface area contributed by atoms with E-state index in [-0.39, 0.29) is 29.6 Å². The summed E-state index contributed by atoms with van der Waals surface area (Å²) in [5, 5.41) is 12.6. The summed E-state index contributed by atoms with van der Waals surface area (Å²) in [6.45, 7) is 0. The number of hydrogen-bond donors (Lipinski definition) is 1. The van der Waals surface area contributed by atoms with Gasteiger partial charge in [0.05, 0.1) is 5.97 Å². The molecule has 0 fully saturated rings. The molecular weight excluding hydrogens is 320 g/mol. The minimum Gasteiger partial charge on any atom is -0.547 e. The molecule has 1 N–H and O–H groups in total. The van der Waals surface area contributed by atoms with Gasteiger partial charge in [0.25, 0.3) is 5.91 Å². The summed E-state index contributed by atoms with van der Waals surface area (Å²) in [7, 11) is 0. The first kappa shape index (κ1) is 14.9. The van der Waals surface area contributed by atoms with E-state index in [2.05, 4.69) is 5.32 Å². The number of alkyl halides is 1. The van der Waals surface area contributed by atoms with E-state index in [9.17, 15) is 14.7 Å². The molecule has 0 aromatic heterocycles. The number of amides is 1. The van der Waals surface area contributed by atoms with Gasteiger partial charge in [0.1, 0.15) is 4.05 Å². The molecule has 1 unspecified atom stereocenters. The van der Waals surface area contributed by atoms with Gasteiger partial charge < -0.3 is 15.2 Å². The van der Waals surface area contributed by atoms with Crippen molar-refractivity contribution in [2.24, 2.45) is 0 Å². The Balaban J connectivity index is 0.00000196. The van der Waals surface area contributed by atoms with Crippen molar-refractivity contribution in [2.75, 3.05) is 0 Å². The van der Waals surface area contributed by atoms with Gasteiger partial charge in [-0.05, 0) is 12.1 Å². The first-order valence-electron chi connectivity index (χ1n) is 3.82. The molecule has 0 heterocycles. The van der Waals surface area contributed by atoms with Gasteiger partial charge in [-0.15, -0.1) is 0 Å². The number of rotatable bonds is 3. The molecule has 1 aromatic carbocycles. The van der Waals surface area contributed by atoms with Crippen molar-refractivity contribution < 1.29 is 44.3 Å². The molecule has 1 atom stereocenters. The molecule has 0 saturated carbocycles. The SMILES string of the molecule is O=C(NC(I)C(=O)[O-])c1ccccc1.[Na+]. The van der Waals surface area contributed by atoms with E-state index >= 15 is 0 Å².